The first-order chi connectivity index (χ1) is 6.75. The third kappa shape index (κ3) is 2.29. The molecule has 0 saturated heterocycles. The monoisotopic (exact) mass is 190 g/mol. The Kier molecular flexibility index (Phi) is 3.10. The summed E-state index contributed by atoms with van der Waals surface area (Å²) in [7, 11) is 0. The molecule has 2 saturated carbocycles. The fourth-order valence-electron chi connectivity index (χ4n) is 3.04. The van der Waals surface area contributed by atoms with E-state index >= 15 is 0 Å². The van der Waals surface area contributed by atoms with Gasteiger partial charge in [-0.3, -0.25) is 0 Å². The molecule has 2 aliphatic rings. The van der Waals surface area contributed by atoms with Gasteiger partial charge in [0.15, 0.2) is 0 Å². The van der Waals surface area contributed by atoms with Gasteiger partial charge in [-0.2, -0.15) is 0 Å². The standard InChI is InChI=1S/C14H22/c1-11-3-7-13(8-4-11)14-9-5-12(2)6-10-14/h13-14H,1-10H2. The van der Waals surface area contributed by atoms with Gasteiger partial charge in [0.05, 0.1) is 0 Å². The second kappa shape index (κ2) is 4.33. The fourth-order valence-corrected chi connectivity index (χ4v) is 3.04. The minimum absolute atomic E-state index is 1.01. The highest BCUT2D eigenvalue weighted by molar-refractivity contribution is 5.02. The Morgan fingerprint density at radius 1 is 0.643 bits per heavy atom. The summed E-state index contributed by atoms with van der Waals surface area (Å²) in [5.41, 5.74) is 2.97. The van der Waals surface area contributed by atoms with Crippen molar-refractivity contribution in [1.82, 2.24) is 0 Å². The van der Waals surface area contributed by atoms with E-state index in [1.807, 2.05) is 0 Å². The molecule has 0 heteroatoms. The van der Waals surface area contributed by atoms with E-state index in [4.69, 9.17) is 0 Å². The van der Waals surface area contributed by atoms with Crippen molar-refractivity contribution >= 4 is 0 Å². The topological polar surface area (TPSA) is 0 Å². The largest absolute Gasteiger partial charge is 0.0999 e. The maximum absolute atomic E-state index is 4.09. The summed E-state index contributed by atoms with van der Waals surface area (Å²) in [4.78, 5) is 0. The van der Waals surface area contributed by atoms with Crippen LogP contribution in [0.5, 0.6) is 0 Å². The first-order valence-corrected chi connectivity index (χ1v) is 6.09. The van der Waals surface area contributed by atoms with Crippen molar-refractivity contribution in [2.75, 3.05) is 0 Å². The normalized spacial score (nSPS) is 26.9. The lowest BCUT2D eigenvalue weighted by atomic mass is 9.72. The average molecular weight is 190 g/mol. The molecule has 2 aliphatic carbocycles. The molecule has 14 heavy (non-hydrogen) atoms. The maximum Gasteiger partial charge on any atom is -0.0320 e. The van der Waals surface area contributed by atoms with Crippen LogP contribution in [0.15, 0.2) is 24.3 Å². The highest BCUT2D eigenvalue weighted by atomic mass is 14.3. The van der Waals surface area contributed by atoms with Crippen LogP contribution in [0.1, 0.15) is 51.4 Å². The molecule has 2 fully saturated rings. The third-order valence-corrected chi connectivity index (χ3v) is 4.14. The van der Waals surface area contributed by atoms with Gasteiger partial charge in [-0.25, -0.2) is 0 Å². The van der Waals surface area contributed by atoms with Gasteiger partial charge in [0.2, 0.25) is 0 Å². The highest BCUT2D eigenvalue weighted by Crippen LogP contribution is 2.40. The van der Waals surface area contributed by atoms with Gasteiger partial charge in [0.25, 0.3) is 0 Å². The summed E-state index contributed by atoms with van der Waals surface area (Å²) in [5, 5.41) is 0. The molecule has 0 spiro atoms. The van der Waals surface area contributed by atoms with E-state index in [1.165, 1.54) is 62.5 Å². The summed E-state index contributed by atoms with van der Waals surface area (Å²) < 4.78 is 0. The maximum atomic E-state index is 4.09. The van der Waals surface area contributed by atoms with Gasteiger partial charge in [-0.15, -0.1) is 0 Å². The van der Waals surface area contributed by atoms with Crippen molar-refractivity contribution in [2.24, 2.45) is 11.8 Å². The van der Waals surface area contributed by atoms with Crippen LogP contribution in [-0.4, -0.2) is 0 Å². The van der Waals surface area contributed by atoms with Crippen LogP contribution in [0, 0.1) is 11.8 Å². The molecule has 0 aromatic heterocycles. The van der Waals surface area contributed by atoms with Gasteiger partial charge in [0.1, 0.15) is 0 Å². The lowest BCUT2D eigenvalue weighted by Gasteiger charge is -2.34. The van der Waals surface area contributed by atoms with Gasteiger partial charge >= 0.3 is 0 Å². The highest BCUT2D eigenvalue weighted by Gasteiger charge is 2.26. The minimum atomic E-state index is 1.01. The van der Waals surface area contributed by atoms with E-state index in [9.17, 15) is 0 Å². The quantitative estimate of drug-likeness (QED) is 0.535. The minimum Gasteiger partial charge on any atom is -0.0999 e. The Hall–Kier alpha value is -0.520. The van der Waals surface area contributed by atoms with Crippen LogP contribution < -0.4 is 0 Å². The zero-order valence-electron chi connectivity index (χ0n) is 9.23. The van der Waals surface area contributed by atoms with Gasteiger partial charge in [-0.1, -0.05) is 24.3 Å². The summed E-state index contributed by atoms with van der Waals surface area (Å²) in [6, 6.07) is 0. The van der Waals surface area contributed by atoms with Gasteiger partial charge < -0.3 is 0 Å². The Bertz CT molecular complexity index is 190. The molecule has 0 N–H and O–H groups in total. The van der Waals surface area contributed by atoms with Gasteiger partial charge in [0, 0.05) is 0 Å². The number of hydrogen-bond donors (Lipinski definition) is 0. The van der Waals surface area contributed by atoms with Crippen molar-refractivity contribution in [2.45, 2.75) is 51.4 Å². The van der Waals surface area contributed by atoms with Crippen molar-refractivity contribution in [3.63, 3.8) is 0 Å². The molecular weight excluding hydrogens is 168 g/mol. The second-order valence-electron chi connectivity index (χ2n) is 5.17. The molecule has 2 rings (SSSR count). The first kappa shape index (κ1) is 10.0. The molecule has 0 atom stereocenters. The number of allylic oxidation sites excluding steroid dienone is 2. The van der Waals surface area contributed by atoms with E-state index in [1.54, 1.807) is 0 Å². The zero-order valence-corrected chi connectivity index (χ0v) is 9.23. The second-order valence-corrected chi connectivity index (χ2v) is 5.17. The Labute approximate surface area is 88.1 Å². The first-order valence-electron chi connectivity index (χ1n) is 6.09. The zero-order chi connectivity index (χ0) is 9.97. The van der Waals surface area contributed by atoms with Crippen molar-refractivity contribution in [3.8, 4) is 0 Å². The fraction of sp³-hybridized carbons (Fsp3) is 0.714. The molecule has 0 aromatic rings. The SMILES string of the molecule is C=C1CCC(C2CCC(=C)CC2)CC1. The van der Waals surface area contributed by atoms with Crippen LogP contribution in [0.3, 0.4) is 0 Å². The molecule has 0 heterocycles. The molecule has 0 nitrogen and oxygen atoms in total. The number of rotatable bonds is 1. The third-order valence-electron chi connectivity index (χ3n) is 4.14. The smallest absolute Gasteiger partial charge is 0.0320 e. The Morgan fingerprint density at radius 3 is 1.21 bits per heavy atom. The Balaban J connectivity index is 1.83. The van der Waals surface area contributed by atoms with E-state index in [0.29, 0.717) is 0 Å². The molecule has 0 bridgehead atoms. The summed E-state index contributed by atoms with van der Waals surface area (Å²) in [5.74, 6) is 2.02. The van der Waals surface area contributed by atoms with E-state index in [2.05, 4.69) is 13.2 Å². The van der Waals surface area contributed by atoms with Crippen LogP contribution in [-0.2, 0) is 0 Å². The van der Waals surface area contributed by atoms with Gasteiger partial charge in [-0.05, 0) is 63.2 Å². The van der Waals surface area contributed by atoms with Crippen LogP contribution >= 0.6 is 0 Å². The number of hydrogen-bond acceptors (Lipinski definition) is 0. The molecule has 0 radical (unpaired) electrons. The van der Waals surface area contributed by atoms with Crippen molar-refractivity contribution < 1.29 is 0 Å². The van der Waals surface area contributed by atoms with E-state index in [0.717, 1.165) is 11.8 Å². The van der Waals surface area contributed by atoms with Crippen LogP contribution in [0.4, 0.5) is 0 Å². The molecule has 0 amide bonds. The molecule has 0 aromatic carbocycles. The predicted octanol–water partition coefficient (Wildman–Crippen LogP) is 4.48. The molecule has 78 valence electrons. The average Bonchev–Trinajstić information content (AvgIpc) is 2.21. The molecule has 0 unspecified atom stereocenters. The van der Waals surface area contributed by atoms with E-state index in [-0.39, 0.29) is 0 Å². The summed E-state index contributed by atoms with van der Waals surface area (Å²) >= 11 is 0. The predicted molar refractivity (Wildman–Crippen MR) is 62.2 cm³/mol. The summed E-state index contributed by atoms with van der Waals surface area (Å²) in [6.07, 6.45) is 10.8. The van der Waals surface area contributed by atoms with Crippen molar-refractivity contribution in [3.05, 3.63) is 24.3 Å². The van der Waals surface area contributed by atoms with E-state index < -0.39 is 0 Å². The van der Waals surface area contributed by atoms with Crippen LogP contribution in [0.2, 0.25) is 0 Å². The lowest BCUT2D eigenvalue weighted by molar-refractivity contribution is 0.231. The van der Waals surface area contributed by atoms with Crippen LogP contribution in [0.25, 0.3) is 0 Å². The summed E-state index contributed by atoms with van der Waals surface area (Å²) in [6.45, 7) is 8.18. The lowest BCUT2D eigenvalue weighted by Crippen LogP contribution is -2.21. The van der Waals surface area contributed by atoms with Crippen molar-refractivity contribution in [1.29, 1.82) is 0 Å². The Morgan fingerprint density at radius 2 is 0.929 bits per heavy atom. The molecular formula is C14H22. The molecule has 0 aliphatic heterocycles.